The highest BCUT2D eigenvalue weighted by Gasteiger charge is 2.33. The van der Waals surface area contributed by atoms with Crippen LogP contribution in [0.2, 0.25) is 0 Å². The zero-order valence-corrected chi connectivity index (χ0v) is 17.0. The van der Waals surface area contributed by atoms with Gasteiger partial charge in [-0.1, -0.05) is 6.07 Å². The van der Waals surface area contributed by atoms with Crippen LogP contribution in [-0.2, 0) is 14.8 Å². The highest BCUT2D eigenvalue weighted by molar-refractivity contribution is 7.89. The number of benzene rings is 1. The van der Waals surface area contributed by atoms with Gasteiger partial charge < -0.3 is 15.0 Å². The number of ether oxygens (including phenoxy) is 1. The van der Waals surface area contributed by atoms with E-state index in [-0.39, 0.29) is 29.1 Å². The summed E-state index contributed by atoms with van der Waals surface area (Å²) in [6, 6.07) is 6.68. The summed E-state index contributed by atoms with van der Waals surface area (Å²) in [5.41, 5.74) is 0.419. The first-order valence-electron chi connectivity index (χ1n) is 9.53. The molecule has 3 atom stereocenters. The van der Waals surface area contributed by atoms with Gasteiger partial charge in [0.15, 0.2) is 0 Å². The zero-order chi connectivity index (χ0) is 19.6. The summed E-state index contributed by atoms with van der Waals surface area (Å²) in [7, 11) is -1.76. The fraction of sp³-hybridized carbons (Fsp3) is 0.632. The van der Waals surface area contributed by atoms with Gasteiger partial charge in [0.05, 0.1) is 17.1 Å². The minimum Gasteiger partial charge on any atom is -0.373 e. The van der Waals surface area contributed by atoms with Gasteiger partial charge in [-0.2, -0.15) is 4.31 Å². The van der Waals surface area contributed by atoms with Crippen molar-refractivity contribution in [2.45, 2.75) is 49.8 Å². The van der Waals surface area contributed by atoms with Crippen LogP contribution in [0.5, 0.6) is 0 Å². The maximum Gasteiger partial charge on any atom is 0.253 e. The number of hydrogen-bond donors (Lipinski definition) is 1. The van der Waals surface area contributed by atoms with E-state index in [0.717, 1.165) is 12.8 Å². The van der Waals surface area contributed by atoms with E-state index in [1.807, 2.05) is 20.9 Å². The molecule has 2 saturated heterocycles. The number of likely N-dealkylation sites (N-methyl/N-ethyl adjacent to an activating group) is 1. The molecule has 3 rings (SSSR count). The lowest BCUT2D eigenvalue weighted by molar-refractivity contribution is -0.0440. The van der Waals surface area contributed by atoms with Crippen molar-refractivity contribution in [2.24, 2.45) is 0 Å². The number of rotatable bonds is 4. The molecule has 3 unspecified atom stereocenters. The van der Waals surface area contributed by atoms with E-state index in [4.69, 9.17) is 4.74 Å². The molecule has 27 heavy (non-hydrogen) atoms. The van der Waals surface area contributed by atoms with Crippen LogP contribution in [0.25, 0.3) is 0 Å². The standard InChI is InChI=1S/C19H29N3O4S/c1-14-11-22(12-15(2)26-14)27(24,25)18-8-4-6-16(10-18)19(23)21-9-5-7-17(13-21)20-3/h4,6,8,10,14-15,17,20H,5,7,9,11-13H2,1-3H3. The van der Waals surface area contributed by atoms with E-state index < -0.39 is 10.0 Å². The van der Waals surface area contributed by atoms with Crippen LogP contribution in [0.1, 0.15) is 37.0 Å². The Morgan fingerprint density at radius 1 is 1.19 bits per heavy atom. The van der Waals surface area contributed by atoms with Gasteiger partial charge in [-0.3, -0.25) is 4.79 Å². The molecule has 1 N–H and O–H groups in total. The second-order valence-corrected chi connectivity index (χ2v) is 9.42. The number of carbonyl (C=O) groups excluding carboxylic acids is 1. The second kappa shape index (κ2) is 8.26. The molecule has 7 nitrogen and oxygen atoms in total. The molecule has 0 aromatic heterocycles. The predicted octanol–water partition coefficient (Wildman–Crippen LogP) is 1.31. The number of piperidine rings is 1. The van der Waals surface area contributed by atoms with Gasteiger partial charge in [0.25, 0.3) is 5.91 Å². The third-order valence-electron chi connectivity index (χ3n) is 5.22. The molecule has 1 aromatic rings. The highest BCUT2D eigenvalue weighted by atomic mass is 32.2. The molecule has 2 aliphatic heterocycles. The average molecular weight is 396 g/mol. The topological polar surface area (TPSA) is 79.0 Å². The maximum atomic E-state index is 13.1. The SMILES string of the molecule is CNC1CCCN(C(=O)c2cccc(S(=O)(=O)N3CC(C)OC(C)C3)c2)C1. The molecule has 2 fully saturated rings. The number of hydrogen-bond acceptors (Lipinski definition) is 5. The Balaban J connectivity index is 1.81. The molecule has 0 aliphatic carbocycles. The van der Waals surface area contributed by atoms with Gasteiger partial charge >= 0.3 is 0 Å². The van der Waals surface area contributed by atoms with Crippen LogP contribution in [-0.4, -0.2) is 75.0 Å². The van der Waals surface area contributed by atoms with Crippen LogP contribution in [0.3, 0.4) is 0 Å². The summed E-state index contributed by atoms with van der Waals surface area (Å²) in [6.07, 6.45) is 1.68. The quantitative estimate of drug-likeness (QED) is 0.832. The average Bonchev–Trinajstić information content (AvgIpc) is 2.66. The van der Waals surface area contributed by atoms with Gasteiger partial charge in [-0.05, 0) is 51.9 Å². The summed E-state index contributed by atoms with van der Waals surface area (Å²) in [4.78, 5) is 14.9. The summed E-state index contributed by atoms with van der Waals surface area (Å²) < 4.78 is 33.2. The fourth-order valence-electron chi connectivity index (χ4n) is 3.85. The van der Waals surface area contributed by atoms with E-state index in [1.54, 1.807) is 23.1 Å². The van der Waals surface area contributed by atoms with E-state index >= 15 is 0 Å². The number of nitrogens with zero attached hydrogens (tertiary/aromatic N) is 2. The lowest BCUT2D eigenvalue weighted by atomic mass is 10.0. The largest absolute Gasteiger partial charge is 0.373 e. The van der Waals surface area contributed by atoms with Gasteiger partial charge in [0.1, 0.15) is 0 Å². The highest BCUT2D eigenvalue weighted by Crippen LogP contribution is 2.23. The zero-order valence-electron chi connectivity index (χ0n) is 16.2. The molecule has 2 aliphatic rings. The van der Waals surface area contributed by atoms with Crippen molar-refractivity contribution in [3.8, 4) is 0 Å². The van der Waals surface area contributed by atoms with Crippen molar-refractivity contribution >= 4 is 15.9 Å². The maximum absolute atomic E-state index is 13.1. The third-order valence-corrected chi connectivity index (χ3v) is 7.05. The lowest BCUT2D eigenvalue weighted by Gasteiger charge is -2.34. The summed E-state index contributed by atoms with van der Waals surface area (Å²) in [6.45, 7) is 5.72. The predicted molar refractivity (Wildman–Crippen MR) is 103 cm³/mol. The number of morpholine rings is 1. The minimum atomic E-state index is -3.66. The minimum absolute atomic E-state index is 0.115. The van der Waals surface area contributed by atoms with Gasteiger partial charge in [-0.25, -0.2) is 8.42 Å². The van der Waals surface area contributed by atoms with E-state index in [2.05, 4.69) is 5.32 Å². The monoisotopic (exact) mass is 395 g/mol. The number of sulfonamides is 1. The number of nitrogens with one attached hydrogen (secondary N) is 1. The van der Waals surface area contributed by atoms with Crippen molar-refractivity contribution in [1.82, 2.24) is 14.5 Å². The van der Waals surface area contributed by atoms with Crippen molar-refractivity contribution in [3.63, 3.8) is 0 Å². The molecular weight excluding hydrogens is 366 g/mol. The molecule has 1 amide bonds. The molecule has 0 radical (unpaired) electrons. The van der Waals surface area contributed by atoms with Gasteiger partial charge in [0, 0.05) is 37.8 Å². The Morgan fingerprint density at radius 3 is 2.56 bits per heavy atom. The molecule has 2 heterocycles. The van der Waals surface area contributed by atoms with Gasteiger partial charge in [-0.15, -0.1) is 0 Å². The van der Waals surface area contributed by atoms with Crippen molar-refractivity contribution in [1.29, 1.82) is 0 Å². The molecule has 0 saturated carbocycles. The Bertz CT molecular complexity index is 773. The van der Waals surface area contributed by atoms with Crippen LogP contribution in [0.4, 0.5) is 0 Å². The number of carbonyl (C=O) groups is 1. The van der Waals surface area contributed by atoms with Crippen molar-refractivity contribution in [3.05, 3.63) is 29.8 Å². The molecule has 150 valence electrons. The molecule has 0 bridgehead atoms. The smallest absolute Gasteiger partial charge is 0.253 e. The summed E-state index contributed by atoms with van der Waals surface area (Å²) in [5, 5.41) is 3.22. The lowest BCUT2D eigenvalue weighted by Crippen LogP contribution is -2.48. The first kappa shape index (κ1) is 20.3. The second-order valence-electron chi connectivity index (χ2n) is 7.49. The van der Waals surface area contributed by atoms with Crippen molar-refractivity contribution in [2.75, 3.05) is 33.2 Å². The van der Waals surface area contributed by atoms with E-state index in [1.165, 1.54) is 10.4 Å². The van der Waals surface area contributed by atoms with Gasteiger partial charge in [0.2, 0.25) is 10.0 Å². The summed E-state index contributed by atoms with van der Waals surface area (Å²) in [5.74, 6) is -0.115. The van der Waals surface area contributed by atoms with E-state index in [9.17, 15) is 13.2 Å². The molecule has 1 aromatic carbocycles. The third kappa shape index (κ3) is 4.51. The number of likely N-dealkylation sites (tertiary alicyclic amines) is 1. The molecule has 8 heteroatoms. The van der Waals surface area contributed by atoms with E-state index in [0.29, 0.717) is 31.7 Å². The summed E-state index contributed by atoms with van der Waals surface area (Å²) >= 11 is 0. The molecule has 0 spiro atoms. The Labute approximate surface area is 161 Å². The van der Waals surface area contributed by atoms with Crippen LogP contribution >= 0.6 is 0 Å². The van der Waals surface area contributed by atoms with Crippen molar-refractivity contribution < 1.29 is 17.9 Å². The van der Waals surface area contributed by atoms with Crippen LogP contribution < -0.4 is 5.32 Å². The normalized spacial score (nSPS) is 27.5. The Morgan fingerprint density at radius 2 is 1.89 bits per heavy atom. The Hall–Kier alpha value is -1.48. The Kier molecular flexibility index (Phi) is 6.20. The van der Waals surface area contributed by atoms with Crippen LogP contribution in [0, 0.1) is 0 Å². The first-order valence-corrected chi connectivity index (χ1v) is 11.0. The fourth-order valence-corrected chi connectivity index (χ4v) is 5.48. The van der Waals surface area contributed by atoms with Crippen LogP contribution in [0.15, 0.2) is 29.2 Å². The first-order chi connectivity index (χ1) is 12.8. The number of amides is 1. The molecular formula is C19H29N3O4S.